The molecule has 0 aliphatic heterocycles. The smallest absolute Gasteiger partial charge is 0.872 e. The van der Waals surface area contributed by atoms with Gasteiger partial charge in [0.2, 0.25) is 0 Å². The van der Waals surface area contributed by atoms with Crippen LogP contribution in [0.3, 0.4) is 0 Å². The number of benzene rings is 1. The Morgan fingerprint density at radius 1 is 0.824 bits per heavy atom. The molecule has 0 amide bonds. The van der Waals surface area contributed by atoms with E-state index in [0.717, 1.165) is 11.1 Å². The summed E-state index contributed by atoms with van der Waals surface area (Å²) in [5, 5.41) is 12.4. The maximum atomic E-state index is 12.4. The summed E-state index contributed by atoms with van der Waals surface area (Å²) in [5.74, 6) is 0.214. The Balaban J connectivity index is 0.00000256. The number of hydrogen-bond acceptors (Lipinski definition) is 1. The van der Waals surface area contributed by atoms with Gasteiger partial charge in [-0.15, -0.1) is 5.75 Å². The standard InChI is InChI=1S/C15H24O.Cs/c1-10-8-11(14(2,3)4)13(16)12(9-10)15(5,6)7;/h8-9,16H,1-7H3;/q;+1/p-1. The molecular weight excluding hydrogens is 329 g/mol. The molecule has 0 spiro atoms. The fraction of sp³-hybridized carbons (Fsp3) is 0.600. The summed E-state index contributed by atoms with van der Waals surface area (Å²) in [4.78, 5) is 0. The molecule has 0 bridgehead atoms. The summed E-state index contributed by atoms with van der Waals surface area (Å²) in [6.07, 6.45) is 0. The van der Waals surface area contributed by atoms with Crippen molar-refractivity contribution in [3.05, 3.63) is 28.8 Å². The van der Waals surface area contributed by atoms with E-state index in [1.807, 2.05) is 12.1 Å². The minimum atomic E-state index is -0.0803. The quantitative estimate of drug-likeness (QED) is 0.673. The second-order valence-electron chi connectivity index (χ2n) is 6.69. The Bertz CT molecular complexity index is 359. The molecule has 1 aromatic rings. The van der Waals surface area contributed by atoms with Crippen LogP contribution < -0.4 is 74.0 Å². The van der Waals surface area contributed by atoms with Crippen LogP contribution in [0.1, 0.15) is 58.2 Å². The van der Waals surface area contributed by atoms with E-state index in [0.29, 0.717) is 0 Å². The van der Waals surface area contributed by atoms with E-state index in [1.165, 1.54) is 5.56 Å². The first-order chi connectivity index (χ1) is 7.03. The van der Waals surface area contributed by atoms with Crippen LogP contribution in [0.4, 0.5) is 0 Å². The van der Waals surface area contributed by atoms with Gasteiger partial charge in [0.25, 0.3) is 0 Å². The number of hydrogen-bond donors (Lipinski definition) is 0. The average Bonchev–Trinajstić information content (AvgIpc) is 2.04. The van der Waals surface area contributed by atoms with Crippen LogP contribution in [0, 0.1) is 6.92 Å². The molecule has 0 saturated carbocycles. The topological polar surface area (TPSA) is 23.1 Å². The van der Waals surface area contributed by atoms with E-state index in [-0.39, 0.29) is 85.5 Å². The molecule has 0 aliphatic carbocycles. The molecule has 0 fully saturated rings. The van der Waals surface area contributed by atoms with Crippen molar-refractivity contribution in [3.63, 3.8) is 0 Å². The molecule has 17 heavy (non-hydrogen) atoms. The summed E-state index contributed by atoms with van der Waals surface area (Å²) in [6, 6.07) is 4.05. The van der Waals surface area contributed by atoms with Crippen LogP contribution in [-0.4, -0.2) is 0 Å². The largest absolute Gasteiger partial charge is 1.00 e. The van der Waals surface area contributed by atoms with Gasteiger partial charge < -0.3 is 5.11 Å². The molecule has 0 N–H and O–H groups in total. The van der Waals surface area contributed by atoms with E-state index in [4.69, 9.17) is 0 Å². The van der Waals surface area contributed by atoms with Crippen molar-refractivity contribution in [2.24, 2.45) is 0 Å². The van der Waals surface area contributed by atoms with Crippen molar-refractivity contribution in [2.75, 3.05) is 0 Å². The van der Waals surface area contributed by atoms with E-state index in [2.05, 4.69) is 48.5 Å². The van der Waals surface area contributed by atoms with Gasteiger partial charge in [0.1, 0.15) is 0 Å². The van der Waals surface area contributed by atoms with Gasteiger partial charge in [-0.25, -0.2) is 0 Å². The normalized spacial score (nSPS) is 12.2. The molecular formula is C15H23CsO. The van der Waals surface area contributed by atoms with Crippen LogP contribution in [-0.2, 0) is 10.8 Å². The molecule has 0 unspecified atom stereocenters. The predicted octanol–water partition coefficient (Wildman–Crippen LogP) is 0.668. The third-order valence-corrected chi connectivity index (χ3v) is 2.85. The van der Waals surface area contributed by atoms with E-state index < -0.39 is 0 Å². The van der Waals surface area contributed by atoms with Crippen LogP contribution >= 0.6 is 0 Å². The molecule has 0 atom stereocenters. The minimum absolute atomic E-state index is 0. The van der Waals surface area contributed by atoms with Crippen molar-refractivity contribution in [3.8, 4) is 5.75 Å². The molecule has 0 saturated heterocycles. The van der Waals surface area contributed by atoms with Crippen LogP contribution in [0.15, 0.2) is 12.1 Å². The van der Waals surface area contributed by atoms with Gasteiger partial charge in [0.15, 0.2) is 0 Å². The first kappa shape index (κ1) is 18.1. The third kappa shape index (κ3) is 4.59. The molecule has 0 aliphatic rings. The zero-order valence-electron chi connectivity index (χ0n) is 12.6. The molecule has 0 aromatic heterocycles. The molecule has 0 radical (unpaired) electrons. The van der Waals surface area contributed by atoms with Crippen LogP contribution in [0.2, 0.25) is 0 Å². The van der Waals surface area contributed by atoms with Crippen molar-refractivity contribution in [1.82, 2.24) is 0 Å². The van der Waals surface area contributed by atoms with Gasteiger partial charge in [-0.3, -0.25) is 0 Å². The van der Waals surface area contributed by atoms with Gasteiger partial charge in [-0.05, 0) is 28.9 Å². The summed E-state index contributed by atoms with van der Waals surface area (Å²) >= 11 is 0. The van der Waals surface area contributed by atoms with Gasteiger partial charge in [0.05, 0.1) is 0 Å². The monoisotopic (exact) mass is 352 g/mol. The Hall–Kier alpha value is 1.07. The van der Waals surface area contributed by atoms with E-state index >= 15 is 0 Å². The van der Waals surface area contributed by atoms with Crippen LogP contribution in [0.5, 0.6) is 5.75 Å². The summed E-state index contributed by atoms with van der Waals surface area (Å²) in [6.45, 7) is 14.6. The Morgan fingerprint density at radius 3 is 1.35 bits per heavy atom. The number of rotatable bonds is 0. The molecule has 0 heterocycles. The van der Waals surface area contributed by atoms with Crippen molar-refractivity contribution in [2.45, 2.75) is 59.3 Å². The summed E-state index contributed by atoms with van der Waals surface area (Å²) in [5.41, 5.74) is 2.87. The first-order valence-electron chi connectivity index (χ1n) is 5.86. The SMILES string of the molecule is Cc1cc(C(C)(C)C)c([O-])c(C(C)(C)C)c1.[Cs+]. The Morgan fingerprint density at radius 2 is 1.12 bits per heavy atom. The molecule has 1 nitrogen and oxygen atoms in total. The zero-order valence-corrected chi connectivity index (χ0v) is 18.8. The summed E-state index contributed by atoms with van der Waals surface area (Å²) < 4.78 is 0. The molecule has 90 valence electrons. The Kier molecular flexibility index (Phi) is 6.40. The second-order valence-corrected chi connectivity index (χ2v) is 6.69. The zero-order chi connectivity index (χ0) is 12.7. The third-order valence-electron chi connectivity index (χ3n) is 2.85. The van der Waals surface area contributed by atoms with Gasteiger partial charge >= 0.3 is 68.9 Å². The first-order valence-corrected chi connectivity index (χ1v) is 5.86. The number of aryl methyl sites for hydroxylation is 1. The molecule has 1 rings (SSSR count). The average molecular weight is 352 g/mol. The van der Waals surface area contributed by atoms with E-state index in [1.54, 1.807) is 0 Å². The fourth-order valence-corrected chi connectivity index (χ4v) is 1.89. The van der Waals surface area contributed by atoms with E-state index in [9.17, 15) is 5.11 Å². The second kappa shape index (κ2) is 6.02. The molecule has 1 aromatic carbocycles. The van der Waals surface area contributed by atoms with Crippen molar-refractivity contribution in [1.29, 1.82) is 0 Å². The fourth-order valence-electron chi connectivity index (χ4n) is 1.89. The summed E-state index contributed by atoms with van der Waals surface area (Å²) in [7, 11) is 0. The van der Waals surface area contributed by atoms with Crippen LogP contribution in [0.25, 0.3) is 0 Å². The van der Waals surface area contributed by atoms with Crippen molar-refractivity contribution < 1.29 is 74.0 Å². The maximum Gasteiger partial charge on any atom is 1.00 e. The van der Waals surface area contributed by atoms with Crippen molar-refractivity contribution >= 4 is 0 Å². The Labute approximate surface area is 165 Å². The predicted molar refractivity (Wildman–Crippen MR) is 68.0 cm³/mol. The minimum Gasteiger partial charge on any atom is -0.872 e. The van der Waals surface area contributed by atoms with Gasteiger partial charge in [0, 0.05) is 0 Å². The van der Waals surface area contributed by atoms with Gasteiger partial charge in [-0.1, -0.05) is 59.2 Å². The maximum absolute atomic E-state index is 12.4. The molecule has 2 heteroatoms. The van der Waals surface area contributed by atoms with Gasteiger partial charge in [-0.2, -0.15) is 0 Å².